The molecule has 0 radical (unpaired) electrons. The van der Waals surface area contributed by atoms with Crippen molar-refractivity contribution in [3.8, 4) is 0 Å². The topological polar surface area (TPSA) is 73.1 Å². The van der Waals surface area contributed by atoms with Crippen molar-refractivity contribution in [2.24, 2.45) is 0 Å². The zero-order valence-corrected chi connectivity index (χ0v) is 14.2. The smallest absolute Gasteiger partial charge is 0.348 e. The number of aryl methyl sites for hydroxylation is 1. The number of carbonyl (C=O) groups excluding carboxylic acids is 1. The molecule has 8 heteroatoms. The number of imidazole rings is 1. The van der Waals surface area contributed by atoms with Crippen LogP contribution in [0.1, 0.15) is 20.1 Å². The molecule has 0 aliphatic carbocycles. The zero-order chi connectivity index (χ0) is 16.6. The molecule has 0 aliphatic heterocycles. The Morgan fingerprint density at radius 2 is 2.13 bits per heavy atom. The van der Waals surface area contributed by atoms with E-state index in [0.29, 0.717) is 11.4 Å². The van der Waals surface area contributed by atoms with Gasteiger partial charge in [0.05, 0.1) is 20.0 Å². The van der Waals surface area contributed by atoms with E-state index in [1.807, 2.05) is 36.6 Å². The van der Waals surface area contributed by atoms with Gasteiger partial charge in [-0.2, -0.15) is 0 Å². The molecule has 3 heterocycles. The Morgan fingerprint density at radius 3 is 2.83 bits per heavy atom. The largest absolute Gasteiger partial charge is 0.465 e. The fourth-order valence-corrected chi connectivity index (χ4v) is 3.33. The Bertz CT molecular complexity index is 868. The second kappa shape index (κ2) is 5.96. The van der Waals surface area contributed by atoms with Crippen molar-refractivity contribution in [2.75, 3.05) is 26.1 Å². The van der Waals surface area contributed by atoms with Gasteiger partial charge in [-0.25, -0.2) is 19.7 Å². The Hall–Kier alpha value is -2.48. The van der Waals surface area contributed by atoms with E-state index in [2.05, 4.69) is 15.0 Å². The number of nitrogens with zero attached hydrogens (tertiary/aromatic N) is 5. The van der Waals surface area contributed by atoms with Crippen LogP contribution in [0.25, 0.3) is 11.2 Å². The van der Waals surface area contributed by atoms with Gasteiger partial charge < -0.3 is 14.2 Å². The molecule has 0 N–H and O–H groups in total. The monoisotopic (exact) mass is 331 g/mol. The third-order valence-electron chi connectivity index (χ3n) is 3.55. The highest BCUT2D eigenvalue weighted by Crippen LogP contribution is 2.25. The summed E-state index contributed by atoms with van der Waals surface area (Å²) in [6, 6.07) is 1.87. The van der Waals surface area contributed by atoms with Crippen molar-refractivity contribution in [1.82, 2.24) is 19.5 Å². The van der Waals surface area contributed by atoms with E-state index in [1.165, 1.54) is 24.8 Å². The Morgan fingerprint density at radius 1 is 1.35 bits per heavy atom. The average molecular weight is 331 g/mol. The normalized spacial score (nSPS) is 11.0. The lowest BCUT2D eigenvalue weighted by Crippen LogP contribution is -2.11. The van der Waals surface area contributed by atoms with Crippen LogP contribution in [0.2, 0.25) is 0 Å². The molecule has 0 unspecified atom stereocenters. The van der Waals surface area contributed by atoms with Crippen molar-refractivity contribution in [3.63, 3.8) is 0 Å². The van der Waals surface area contributed by atoms with Gasteiger partial charge in [0, 0.05) is 19.0 Å². The first kappa shape index (κ1) is 15.4. The number of thiophene rings is 1. The van der Waals surface area contributed by atoms with Crippen LogP contribution in [0.4, 0.5) is 5.82 Å². The van der Waals surface area contributed by atoms with Gasteiger partial charge >= 0.3 is 5.97 Å². The molecule has 3 aromatic heterocycles. The van der Waals surface area contributed by atoms with Gasteiger partial charge in [0.2, 0.25) is 0 Å². The third kappa shape index (κ3) is 2.77. The van der Waals surface area contributed by atoms with Gasteiger partial charge in [0.1, 0.15) is 11.2 Å². The fraction of sp³-hybridized carbons (Fsp3) is 0.333. The molecule has 0 fully saturated rings. The maximum absolute atomic E-state index is 11.7. The Kier molecular flexibility index (Phi) is 3.99. The number of hydrogen-bond acceptors (Lipinski definition) is 7. The summed E-state index contributed by atoms with van der Waals surface area (Å²) >= 11 is 1.43. The predicted molar refractivity (Wildman–Crippen MR) is 89.1 cm³/mol. The molecule has 3 aromatic rings. The predicted octanol–water partition coefficient (Wildman–Crippen LogP) is 2.10. The van der Waals surface area contributed by atoms with E-state index in [9.17, 15) is 4.79 Å². The number of ether oxygens (including phenoxy) is 1. The molecule has 0 atom stereocenters. The number of aromatic nitrogens is 4. The minimum Gasteiger partial charge on any atom is -0.465 e. The number of carbonyl (C=O) groups is 1. The summed E-state index contributed by atoms with van der Waals surface area (Å²) in [7, 11) is 5.24. The molecule has 0 amide bonds. The Labute approximate surface area is 137 Å². The van der Waals surface area contributed by atoms with Crippen LogP contribution in [0.15, 0.2) is 18.7 Å². The van der Waals surface area contributed by atoms with E-state index in [-0.39, 0.29) is 5.97 Å². The molecule has 0 aliphatic rings. The van der Waals surface area contributed by atoms with Crippen LogP contribution in [0, 0.1) is 6.92 Å². The molecule has 120 valence electrons. The maximum atomic E-state index is 11.7. The fourth-order valence-electron chi connectivity index (χ4n) is 2.37. The summed E-state index contributed by atoms with van der Waals surface area (Å²) in [6.45, 7) is 2.59. The van der Waals surface area contributed by atoms with Gasteiger partial charge in [-0.05, 0) is 18.6 Å². The maximum Gasteiger partial charge on any atom is 0.348 e. The standard InChI is InChI=1S/C15H17N5O2S/c1-9-10(5-11(23-9)15(21)22-4)6-20-8-18-12-13(19(2)3)16-7-17-14(12)20/h5,7-8H,6H2,1-4H3. The first-order valence-electron chi connectivity index (χ1n) is 7.02. The molecule has 0 saturated heterocycles. The van der Waals surface area contributed by atoms with Gasteiger partial charge in [-0.15, -0.1) is 11.3 Å². The van der Waals surface area contributed by atoms with E-state index in [1.54, 1.807) is 6.33 Å². The van der Waals surface area contributed by atoms with Gasteiger partial charge in [0.25, 0.3) is 0 Å². The minimum absolute atomic E-state index is 0.308. The lowest BCUT2D eigenvalue weighted by molar-refractivity contribution is 0.0606. The number of anilines is 1. The minimum atomic E-state index is -0.308. The van der Waals surface area contributed by atoms with Crippen LogP contribution >= 0.6 is 11.3 Å². The highest BCUT2D eigenvalue weighted by atomic mass is 32.1. The molecule has 0 spiro atoms. The number of hydrogen-bond donors (Lipinski definition) is 0. The highest BCUT2D eigenvalue weighted by molar-refractivity contribution is 7.14. The number of rotatable bonds is 4. The summed E-state index contributed by atoms with van der Waals surface area (Å²) in [5.41, 5.74) is 2.59. The van der Waals surface area contributed by atoms with Crippen LogP contribution in [0.3, 0.4) is 0 Å². The van der Waals surface area contributed by atoms with Crippen molar-refractivity contribution in [2.45, 2.75) is 13.5 Å². The van der Waals surface area contributed by atoms with Crippen LogP contribution in [-0.2, 0) is 11.3 Å². The first-order valence-corrected chi connectivity index (χ1v) is 7.83. The zero-order valence-electron chi connectivity index (χ0n) is 13.4. The van der Waals surface area contributed by atoms with Crippen LogP contribution < -0.4 is 4.90 Å². The van der Waals surface area contributed by atoms with E-state index >= 15 is 0 Å². The summed E-state index contributed by atoms with van der Waals surface area (Å²) in [5, 5.41) is 0. The van der Waals surface area contributed by atoms with E-state index < -0.39 is 0 Å². The molecule has 3 rings (SSSR count). The van der Waals surface area contributed by atoms with Crippen molar-refractivity contribution in [3.05, 3.63) is 34.0 Å². The second-order valence-electron chi connectivity index (χ2n) is 5.32. The van der Waals surface area contributed by atoms with Gasteiger partial charge in [-0.1, -0.05) is 0 Å². The molecule has 7 nitrogen and oxygen atoms in total. The highest BCUT2D eigenvalue weighted by Gasteiger charge is 2.15. The summed E-state index contributed by atoms with van der Waals surface area (Å²) < 4.78 is 6.74. The van der Waals surface area contributed by atoms with E-state index in [0.717, 1.165) is 27.4 Å². The van der Waals surface area contributed by atoms with Crippen molar-refractivity contribution >= 4 is 34.3 Å². The van der Waals surface area contributed by atoms with Gasteiger partial charge in [0.15, 0.2) is 17.0 Å². The number of fused-ring (bicyclic) bond motifs is 1. The third-order valence-corrected chi connectivity index (χ3v) is 4.63. The quantitative estimate of drug-likeness (QED) is 0.682. The second-order valence-corrected chi connectivity index (χ2v) is 6.58. The molecule has 0 aromatic carbocycles. The van der Waals surface area contributed by atoms with Gasteiger partial charge in [-0.3, -0.25) is 0 Å². The van der Waals surface area contributed by atoms with Crippen molar-refractivity contribution < 1.29 is 9.53 Å². The number of esters is 1. The molecule has 0 bridgehead atoms. The van der Waals surface area contributed by atoms with E-state index in [4.69, 9.17) is 4.74 Å². The molecule has 23 heavy (non-hydrogen) atoms. The lowest BCUT2D eigenvalue weighted by Gasteiger charge is -2.10. The SMILES string of the molecule is COC(=O)c1cc(Cn2cnc3c(N(C)C)ncnc32)c(C)s1. The summed E-state index contributed by atoms with van der Waals surface area (Å²) in [6.07, 6.45) is 3.29. The molecular weight excluding hydrogens is 314 g/mol. The van der Waals surface area contributed by atoms with Crippen LogP contribution in [-0.4, -0.2) is 46.7 Å². The lowest BCUT2D eigenvalue weighted by atomic mass is 10.2. The summed E-state index contributed by atoms with van der Waals surface area (Å²) in [5.74, 6) is 0.475. The summed E-state index contributed by atoms with van der Waals surface area (Å²) in [4.78, 5) is 28.3. The van der Waals surface area contributed by atoms with Crippen molar-refractivity contribution in [1.29, 1.82) is 0 Å². The average Bonchev–Trinajstić information content (AvgIpc) is 3.11. The van der Waals surface area contributed by atoms with Crippen LogP contribution in [0.5, 0.6) is 0 Å². The number of methoxy groups -OCH3 is 1. The molecule has 0 saturated carbocycles. The molecular formula is C15H17N5O2S. The Balaban J connectivity index is 1.98. The first-order chi connectivity index (χ1) is 11.0.